The third-order valence-electron chi connectivity index (χ3n) is 2.37. The van der Waals surface area contributed by atoms with E-state index in [1.807, 2.05) is 36.5 Å². The van der Waals surface area contributed by atoms with E-state index in [2.05, 4.69) is 49.1 Å². The molecule has 0 fully saturated rings. The number of hydrogen-bond acceptors (Lipinski definition) is 0. The Labute approximate surface area is 109 Å². The minimum absolute atomic E-state index is 1.22. The van der Waals surface area contributed by atoms with Gasteiger partial charge >= 0.3 is 0 Å². The van der Waals surface area contributed by atoms with E-state index < -0.39 is 0 Å². The van der Waals surface area contributed by atoms with Crippen molar-refractivity contribution in [1.82, 2.24) is 0 Å². The van der Waals surface area contributed by atoms with E-state index in [1.165, 1.54) is 16.7 Å². The first-order valence-corrected chi connectivity index (χ1v) is 6.01. The van der Waals surface area contributed by atoms with Crippen molar-refractivity contribution in [2.24, 2.45) is 0 Å². The van der Waals surface area contributed by atoms with Crippen LogP contribution in [0.2, 0.25) is 0 Å². The molecule has 18 heavy (non-hydrogen) atoms. The average Bonchev–Trinajstić information content (AvgIpc) is 3.23. The fourth-order valence-electron chi connectivity index (χ4n) is 1.31. The largest absolute Gasteiger partial charge is 0.0991 e. The van der Waals surface area contributed by atoms with Gasteiger partial charge in [-0.15, -0.1) is 0 Å². The van der Waals surface area contributed by atoms with Gasteiger partial charge in [-0.3, -0.25) is 0 Å². The zero-order chi connectivity index (χ0) is 12.6. The van der Waals surface area contributed by atoms with Crippen molar-refractivity contribution in [3.8, 4) is 0 Å². The molecule has 0 bridgehead atoms. The second-order valence-electron chi connectivity index (χ2n) is 4.01. The molecule has 0 N–H and O–H groups in total. The summed E-state index contributed by atoms with van der Waals surface area (Å²) >= 11 is 0. The minimum Gasteiger partial charge on any atom is -0.0991 e. The third-order valence-corrected chi connectivity index (χ3v) is 2.37. The maximum Gasteiger partial charge on any atom is -0.0245 e. The van der Waals surface area contributed by atoms with Crippen molar-refractivity contribution in [3.05, 3.63) is 108 Å². The van der Waals surface area contributed by atoms with Crippen molar-refractivity contribution in [3.63, 3.8) is 0 Å². The molecule has 0 aromatic rings. The molecule has 2 aliphatic rings. The number of allylic oxidation sites excluding steroid dienone is 17. The second kappa shape index (κ2) is 6.41. The lowest BCUT2D eigenvalue weighted by Gasteiger charge is -1.90. The molecule has 0 amide bonds. The lowest BCUT2D eigenvalue weighted by molar-refractivity contribution is 1.65. The maximum atomic E-state index is 3.61. The van der Waals surface area contributed by atoms with Crippen molar-refractivity contribution in [2.45, 2.75) is 0 Å². The van der Waals surface area contributed by atoms with Crippen LogP contribution >= 0.6 is 0 Å². The molecule has 0 unspecified atom stereocenters. The molecule has 88 valence electrons. The van der Waals surface area contributed by atoms with Crippen LogP contribution < -0.4 is 0 Å². The summed E-state index contributed by atoms with van der Waals surface area (Å²) in [4.78, 5) is 0. The van der Waals surface area contributed by atoms with Crippen LogP contribution in [0.25, 0.3) is 0 Å². The van der Waals surface area contributed by atoms with Crippen LogP contribution in [0, 0.1) is 0 Å². The lowest BCUT2D eigenvalue weighted by Crippen LogP contribution is -1.70. The van der Waals surface area contributed by atoms with Crippen molar-refractivity contribution < 1.29 is 0 Å². The van der Waals surface area contributed by atoms with E-state index in [-0.39, 0.29) is 0 Å². The number of rotatable bonds is 6. The molecular formula is C18H16. The Bertz CT molecular complexity index is 507. The Hall–Kier alpha value is -2.34. The summed E-state index contributed by atoms with van der Waals surface area (Å²) in [6.07, 6.45) is 28.6. The van der Waals surface area contributed by atoms with E-state index in [4.69, 9.17) is 0 Å². The standard InChI is InChI=1S/C18H16/c1-2-3-4-5-6-7-8-9-18(14-16-10-11-16)15-17-12-13-17/h2-15H,1H2/b4-3+,6-5+,8-7+. The highest BCUT2D eigenvalue weighted by atomic mass is 14.1. The van der Waals surface area contributed by atoms with Crippen LogP contribution in [-0.2, 0) is 0 Å². The topological polar surface area (TPSA) is 0 Å². The summed E-state index contributed by atoms with van der Waals surface area (Å²) in [6.45, 7) is 3.61. The summed E-state index contributed by atoms with van der Waals surface area (Å²) in [5.74, 6) is 0. The zero-order valence-electron chi connectivity index (χ0n) is 10.3. The summed E-state index contributed by atoms with van der Waals surface area (Å²) in [5, 5.41) is 0. The molecule has 0 nitrogen and oxygen atoms in total. The van der Waals surface area contributed by atoms with E-state index in [0.717, 1.165) is 0 Å². The highest BCUT2D eigenvalue weighted by Crippen LogP contribution is 2.22. The summed E-state index contributed by atoms with van der Waals surface area (Å²) in [5.41, 5.74) is 3.83. The number of hydrogen-bond donors (Lipinski definition) is 0. The van der Waals surface area contributed by atoms with Crippen LogP contribution in [0.3, 0.4) is 0 Å². The predicted molar refractivity (Wildman–Crippen MR) is 80.1 cm³/mol. The van der Waals surface area contributed by atoms with Gasteiger partial charge in [-0.25, -0.2) is 0 Å². The average molecular weight is 232 g/mol. The van der Waals surface area contributed by atoms with Gasteiger partial charge in [-0.2, -0.15) is 0 Å². The first-order valence-electron chi connectivity index (χ1n) is 6.01. The van der Waals surface area contributed by atoms with Gasteiger partial charge in [0.2, 0.25) is 0 Å². The molecule has 0 saturated heterocycles. The molecule has 0 spiro atoms. The summed E-state index contributed by atoms with van der Waals surface area (Å²) in [6, 6.07) is 0. The van der Waals surface area contributed by atoms with E-state index in [9.17, 15) is 0 Å². The Morgan fingerprint density at radius 2 is 1.22 bits per heavy atom. The van der Waals surface area contributed by atoms with Gasteiger partial charge in [0.25, 0.3) is 0 Å². The van der Waals surface area contributed by atoms with Gasteiger partial charge in [0, 0.05) is 0 Å². The highest BCUT2D eigenvalue weighted by molar-refractivity contribution is 5.57. The van der Waals surface area contributed by atoms with Crippen LogP contribution in [-0.4, -0.2) is 0 Å². The molecule has 0 radical (unpaired) electrons. The molecule has 0 saturated carbocycles. The maximum absolute atomic E-state index is 3.61. The van der Waals surface area contributed by atoms with E-state index in [0.29, 0.717) is 0 Å². The van der Waals surface area contributed by atoms with Gasteiger partial charge in [-0.1, -0.05) is 79.5 Å². The second-order valence-corrected chi connectivity index (χ2v) is 4.01. The Balaban J connectivity index is 1.91. The summed E-state index contributed by atoms with van der Waals surface area (Å²) in [7, 11) is 0. The Morgan fingerprint density at radius 1 is 0.722 bits per heavy atom. The Kier molecular flexibility index (Phi) is 4.32. The van der Waals surface area contributed by atoms with Crippen LogP contribution in [0.4, 0.5) is 0 Å². The van der Waals surface area contributed by atoms with Gasteiger partial charge < -0.3 is 0 Å². The van der Waals surface area contributed by atoms with Gasteiger partial charge in [0.1, 0.15) is 0 Å². The molecular weight excluding hydrogens is 216 g/mol. The molecule has 0 heteroatoms. The monoisotopic (exact) mass is 232 g/mol. The fraction of sp³-hybridized carbons (Fsp3) is 0. The summed E-state index contributed by atoms with van der Waals surface area (Å²) < 4.78 is 0. The first-order chi connectivity index (χ1) is 8.88. The molecule has 0 aromatic carbocycles. The minimum atomic E-state index is 1.22. The molecule has 0 heterocycles. The van der Waals surface area contributed by atoms with E-state index in [1.54, 1.807) is 6.08 Å². The van der Waals surface area contributed by atoms with Gasteiger partial charge in [0.05, 0.1) is 0 Å². The lowest BCUT2D eigenvalue weighted by atomic mass is 10.2. The predicted octanol–water partition coefficient (Wildman–Crippen LogP) is 4.76. The Morgan fingerprint density at radius 3 is 1.72 bits per heavy atom. The molecule has 2 aliphatic carbocycles. The van der Waals surface area contributed by atoms with Gasteiger partial charge in [0.15, 0.2) is 0 Å². The molecule has 2 rings (SSSR count). The van der Waals surface area contributed by atoms with E-state index >= 15 is 0 Å². The van der Waals surface area contributed by atoms with Gasteiger partial charge in [-0.05, 0) is 28.9 Å². The van der Waals surface area contributed by atoms with Crippen LogP contribution in [0.5, 0.6) is 0 Å². The highest BCUT2D eigenvalue weighted by Gasteiger charge is 2.02. The van der Waals surface area contributed by atoms with Crippen LogP contribution in [0.1, 0.15) is 0 Å². The van der Waals surface area contributed by atoms with Crippen molar-refractivity contribution >= 4 is 0 Å². The molecule has 0 aromatic heterocycles. The third kappa shape index (κ3) is 5.13. The fourth-order valence-corrected chi connectivity index (χ4v) is 1.31. The molecule has 0 atom stereocenters. The molecule has 0 aliphatic heterocycles. The van der Waals surface area contributed by atoms with Crippen molar-refractivity contribution in [1.29, 1.82) is 0 Å². The SMILES string of the molecule is C=C/C=C/C=C/C=C/C=C(C=C1C=C1)C=C1C=C1. The van der Waals surface area contributed by atoms with Crippen molar-refractivity contribution in [2.75, 3.05) is 0 Å². The quantitative estimate of drug-likeness (QED) is 0.579. The van der Waals surface area contributed by atoms with Crippen LogP contribution in [0.15, 0.2) is 108 Å². The normalized spacial score (nSPS) is 15.8. The zero-order valence-corrected chi connectivity index (χ0v) is 10.3. The smallest absolute Gasteiger partial charge is 0.0245 e. The first kappa shape index (κ1) is 12.1.